The molecule has 2 aliphatic rings. The molecule has 0 spiro atoms. The van der Waals surface area contributed by atoms with Crippen LogP contribution in [0.1, 0.15) is 79.5 Å². The lowest BCUT2D eigenvalue weighted by molar-refractivity contribution is 0.0659. The van der Waals surface area contributed by atoms with E-state index < -0.39 is 5.97 Å². The van der Waals surface area contributed by atoms with Crippen molar-refractivity contribution in [3.63, 3.8) is 0 Å². The Morgan fingerprint density at radius 3 is 2.66 bits per heavy atom. The van der Waals surface area contributed by atoms with Gasteiger partial charge in [0, 0.05) is 30.9 Å². The number of rotatable bonds is 9. The molecule has 174 valence electrons. The van der Waals surface area contributed by atoms with Crippen LogP contribution in [0.2, 0.25) is 0 Å². The van der Waals surface area contributed by atoms with E-state index in [1.807, 2.05) is 12.3 Å². The van der Waals surface area contributed by atoms with Crippen molar-refractivity contribution in [1.29, 1.82) is 0 Å². The zero-order chi connectivity index (χ0) is 22.4. The van der Waals surface area contributed by atoms with Crippen molar-refractivity contribution in [3.05, 3.63) is 47.5 Å². The highest BCUT2D eigenvalue weighted by atomic mass is 16.4. The number of carbonyl (C=O) groups is 1. The average molecular weight is 440 g/mol. The summed E-state index contributed by atoms with van der Waals surface area (Å²) in [6, 6.07) is 6.52. The molecule has 0 atom stereocenters. The number of pyridine rings is 1. The van der Waals surface area contributed by atoms with Gasteiger partial charge in [-0.15, -0.1) is 0 Å². The molecule has 0 radical (unpaired) electrons. The Morgan fingerprint density at radius 2 is 1.97 bits per heavy atom. The smallest absolute Gasteiger partial charge is 0.372 e. The first-order valence-electron chi connectivity index (χ1n) is 12.2. The van der Waals surface area contributed by atoms with Crippen LogP contribution < -0.4 is 5.32 Å². The Kier molecular flexibility index (Phi) is 7.51. The highest BCUT2D eigenvalue weighted by Gasteiger charge is 2.33. The lowest BCUT2D eigenvalue weighted by Crippen LogP contribution is -2.41. The van der Waals surface area contributed by atoms with E-state index in [0.717, 1.165) is 56.7 Å². The van der Waals surface area contributed by atoms with Crippen molar-refractivity contribution in [2.45, 2.75) is 77.2 Å². The van der Waals surface area contributed by atoms with Gasteiger partial charge < -0.3 is 19.7 Å². The van der Waals surface area contributed by atoms with Gasteiger partial charge >= 0.3 is 5.97 Å². The van der Waals surface area contributed by atoms with Gasteiger partial charge in [-0.25, -0.2) is 9.78 Å². The number of nitrogens with one attached hydrogen (secondary N) is 1. The fourth-order valence-corrected chi connectivity index (χ4v) is 5.51. The van der Waals surface area contributed by atoms with Crippen LogP contribution in [0.3, 0.4) is 0 Å². The lowest BCUT2D eigenvalue weighted by atomic mass is 9.68. The molecule has 1 aliphatic carbocycles. The molecule has 6 nitrogen and oxygen atoms in total. The minimum atomic E-state index is -0.958. The van der Waals surface area contributed by atoms with E-state index in [1.54, 1.807) is 0 Å². The number of aryl methyl sites for hydroxylation is 2. The summed E-state index contributed by atoms with van der Waals surface area (Å²) in [5.74, 6) is 0.142. The normalized spacial score (nSPS) is 19.7. The standard InChI is InChI=1S/C26H37N3O3/c1-20-5-6-23(27-19-20)28-22-8-15-29(16-9-22)17-14-26(11-3-2-4-12-26)13-7-21-10-18-32-24(21)25(30)31/h5-6,10,18-19,22H,2-4,7-9,11-17H2,1H3,(H,27,28)(H,30,31). The third kappa shape index (κ3) is 5.91. The molecule has 4 rings (SSSR count). The number of hydrogen-bond donors (Lipinski definition) is 2. The molecule has 1 saturated heterocycles. The Labute approximate surface area is 191 Å². The zero-order valence-electron chi connectivity index (χ0n) is 19.3. The van der Waals surface area contributed by atoms with E-state index in [4.69, 9.17) is 4.42 Å². The van der Waals surface area contributed by atoms with Gasteiger partial charge in [-0.05, 0) is 81.5 Å². The molecule has 0 bridgehead atoms. The maximum absolute atomic E-state index is 11.4. The number of likely N-dealkylation sites (tertiary alicyclic amines) is 1. The lowest BCUT2D eigenvalue weighted by Gasteiger charge is -2.40. The van der Waals surface area contributed by atoms with Crippen LogP contribution >= 0.6 is 0 Å². The number of aromatic carboxylic acids is 1. The first kappa shape index (κ1) is 22.8. The summed E-state index contributed by atoms with van der Waals surface area (Å²) < 4.78 is 5.19. The summed E-state index contributed by atoms with van der Waals surface area (Å²) >= 11 is 0. The van der Waals surface area contributed by atoms with Crippen molar-refractivity contribution in [3.8, 4) is 0 Å². The molecule has 1 aliphatic heterocycles. The van der Waals surface area contributed by atoms with E-state index in [9.17, 15) is 9.90 Å². The molecule has 6 heteroatoms. The molecule has 1 saturated carbocycles. The van der Waals surface area contributed by atoms with E-state index >= 15 is 0 Å². The topological polar surface area (TPSA) is 78.6 Å². The van der Waals surface area contributed by atoms with E-state index in [0.29, 0.717) is 11.5 Å². The summed E-state index contributed by atoms with van der Waals surface area (Å²) in [6.07, 6.45) is 15.3. The maximum atomic E-state index is 11.4. The van der Waals surface area contributed by atoms with Gasteiger partial charge in [0.15, 0.2) is 0 Å². The summed E-state index contributed by atoms with van der Waals surface area (Å²) in [5, 5.41) is 12.9. The van der Waals surface area contributed by atoms with E-state index in [2.05, 4.69) is 34.3 Å². The van der Waals surface area contributed by atoms with Gasteiger partial charge in [-0.3, -0.25) is 0 Å². The monoisotopic (exact) mass is 439 g/mol. The SMILES string of the molecule is Cc1ccc(NC2CCN(CCC3(CCc4ccoc4C(=O)O)CCCCC3)CC2)nc1. The first-order valence-corrected chi connectivity index (χ1v) is 12.2. The predicted molar refractivity (Wildman–Crippen MR) is 126 cm³/mol. The molecule has 2 aromatic heterocycles. The molecule has 0 amide bonds. The Hall–Kier alpha value is -2.34. The molecule has 0 unspecified atom stereocenters. The van der Waals surface area contributed by atoms with Gasteiger partial charge in [0.25, 0.3) is 0 Å². The summed E-state index contributed by atoms with van der Waals surface area (Å²) in [4.78, 5) is 18.5. The summed E-state index contributed by atoms with van der Waals surface area (Å²) in [6.45, 7) is 5.47. The Balaban J connectivity index is 1.27. The van der Waals surface area contributed by atoms with Crippen molar-refractivity contribution in [2.75, 3.05) is 25.0 Å². The van der Waals surface area contributed by atoms with E-state index in [-0.39, 0.29) is 5.76 Å². The third-order valence-corrected chi connectivity index (χ3v) is 7.59. The van der Waals surface area contributed by atoms with Crippen LogP contribution in [0, 0.1) is 12.3 Å². The van der Waals surface area contributed by atoms with Crippen LogP contribution in [0.15, 0.2) is 35.1 Å². The van der Waals surface area contributed by atoms with Crippen LogP contribution in [0.5, 0.6) is 0 Å². The quantitative estimate of drug-likeness (QED) is 0.535. The summed E-state index contributed by atoms with van der Waals surface area (Å²) in [5.41, 5.74) is 2.37. The number of nitrogens with zero attached hydrogens (tertiary/aromatic N) is 2. The molecule has 0 aromatic carbocycles. The molecular weight excluding hydrogens is 402 g/mol. The van der Waals surface area contributed by atoms with Crippen molar-refractivity contribution >= 4 is 11.8 Å². The minimum absolute atomic E-state index is 0.119. The highest BCUT2D eigenvalue weighted by molar-refractivity contribution is 5.86. The first-order chi connectivity index (χ1) is 15.5. The number of piperidine rings is 1. The molecule has 2 fully saturated rings. The van der Waals surface area contributed by atoms with Crippen molar-refractivity contribution < 1.29 is 14.3 Å². The van der Waals surface area contributed by atoms with Crippen molar-refractivity contribution in [2.24, 2.45) is 5.41 Å². The van der Waals surface area contributed by atoms with Crippen LogP contribution in [-0.4, -0.2) is 46.6 Å². The molecule has 3 heterocycles. The Bertz CT molecular complexity index is 863. The summed E-state index contributed by atoms with van der Waals surface area (Å²) in [7, 11) is 0. The largest absolute Gasteiger partial charge is 0.475 e. The third-order valence-electron chi connectivity index (χ3n) is 7.59. The minimum Gasteiger partial charge on any atom is -0.475 e. The molecule has 32 heavy (non-hydrogen) atoms. The number of carboxylic acid groups (broad SMARTS) is 1. The number of anilines is 1. The van der Waals surface area contributed by atoms with Gasteiger partial charge in [0.2, 0.25) is 5.76 Å². The van der Waals surface area contributed by atoms with Gasteiger partial charge in [0.05, 0.1) is 6.26 Å². The highest BCUT2D eigenvalue weighted by Crippen LogP contribution is 2.43. The molecule has 2 N–H and O–H groups in total. The number of carboxylic acids is 1. The average Bonchev–Trinajstić information content (AvgIpc) is 3.29. The molecular formula is C26H37N3O3. The second-order valence-electron chi connectivity index (χ2n) is 9.87. The molecule has 2 aromatic rings. The fourth-order valence-electron chi connectivity index (χ4n) is 5.51. The van der Waals surface area contributed by atoms with E-state index in [1.165, 1.54) is 50.4 Å². The number of aromatic nitrogens is 1. The fraction of sp³-hybridized carbons (Fsp3) is 0.615. The van der Waals surface area contributed by atoms with Crippen LogP contribution in [0.4, 0.5) is 5.82 Å². The maximum Gasteiger partial charge on any atom is 0.372 e. The van der Waals surface area contributed by atoms with Crippen molar-refractivity contribution in [1.82, 2.24) is 9.88 Å². The van der Waals surface area contributed by atoms with Crippen LogP contribution in [-0.2, 0) is 6.42 Å². The van der Waals surface area contributed by atoms with Gasteiger partial charge in [0.1, 0.15) is 5.82 Å². The van der Waals surface area contributed by atoms with Gasteiger partial charge in [-0.1, -0.05) is 25.3 Å². The van der Waals surface area contributed by atoms with Crippen LogP contribution in [0.25, 0.3) is 0 Å². The number of furan rings is 1. The Morgan fingerprint density at radius 1 is 1.19 bits per heavy atom. The zero-order valence-corrected chi connectivity index (χ0v) is 19.3. The predicted octanol–water partition coefficient (Wildman–Crippen LogP) is 5.53. The number of hydrogen-bond acceptors (Lipinski definition) is 5. The second kappa shape index (κ2) is 10.5. The second-order valence-corrected chi connectivity index (χ2v) is 9.87. The van der Waals surface area contributed by atoms with Gasteiger partial charge in [-0.2, -0.15) is 0 Å².